The van der Waals surface area contributed by atoms with E-state index in [2.05, 4.69) is 16.0 Å². The van der Waals surface area contributed by atoms with Gasteiger partial charge < -0.3 is 16.0 Å². The van der Waals surface area contributed by atoms with Gasteiger partial charge in [0.1, 0.15) is 0 Å². The minimum Gasteiger partial charge on any atom is -0.356 e. The number of unbranched alkanes of at least 4 members (excludes halogenated alkanes) is 3. The molecule has 0 radical (unpaired) electrons. The highest BCUT2D eigenvalue weighted by atomic mass is 35.5. The molecule has 0 aromatic heterocycles. The van der Waals surface area contributed by atoms with E-state index in [1.165, 1.54) is 0 Å². The molecular weight excluding hydrogens is 350 g/mol. The number of halogens is 1. The molecule has 0 aromatic carbocycles. The molecule has 6 nitrogen and oxygen atoms in total. The van der Waals surface area contributed by atoms with Gasteiger partial charge in [-0.05, 0) is 37.3 Å². The first kappa shape index (κ1) is 19.4. The minimum atomic E-state index is -0.293. The van der Waals surface area contributed by atoms with Crippen LogP contribution in [0.25, 0.3) is 0 Å². The number of thioether (sulfide) groups is 1. The normalized spacial score (nSPS) is 25.0. The molecule has 0 unspecified atom stereocenters. The number of carbonyl (C=O) groups is 3. The lowest BCUT2D eigenvalue weighted by molar-refractivity contribution is -0.121. The number of fused-ring (bicyclic) bond motifs is 1. The van der Waals surface area contributed by atoms with Crippen molar-refractivity contribution >= 4 is 40.5 Å². The smallest absolute Gasteiger partial charge is 0.315 e. The van der Waals surface area contributed by atoms with Gasteiger partial charge in [-0.1, -0.05) is 12.8 Å². The zero-order chi connectivity index (χ0) is 17.4. The fraction of sp³-hybridized carbons (Fsp3) is 0.812. The van der Waals surface area contributed by atoms with Crippen molar-refractivity contribution in [3.05, 3.63) is 0 Å². The van der Waals surface area contributed by atoms with Crippen LogP contribution in [-0.4, -0.2) is 46.8 Å². The summed E-state index contributed by atoms with van der Waals surface area (Å²) in [6, 6.07) is 0.464. The molecule has 3 N–H and O–H groups in total. The van der Waals surface area contributed by atoms with Crippen LogP contribution in [0.4, 0.5) is 4.79 Å². The maximum Gasteiger partial charge on any atom is 0.315 e. The van der Waals surface area contributed by atoms with Crippen molar-refractivity contribution in [2.75, 3.05) is 12.3 Å². The second-order valence-corrected chi connectivity index (χ2v) is 8.08. The summed E-state index contributed by atoms with van der Waals surface area (Å²) in [6.07, 6.45) is 6.44. The van der Waals surface area contributed by atoms with E-state index in [0.717, 1.165) is 44.3 Å². The van der Waals surface area contributed by atoms with Gasteiger partial charge in [-0.25, -0.2) is 4.79 Å². The van der Waals surface area contributed by atoms with Crippen LogP contribution in [0, 0.1) is 0 Å². The Kier molecular flexibility index (Phi) is 8.18. The molecule has 24 heavy (non-hydrogen) atoms. The van der Waals surface area contributed by atoms with Crippen molar-refractivity contribution in [1.82, 2.24) is 16.0 Å². The highest BCUT2D eigenvalue weighted by molar-refractivity contribution is 8.00. The van der Waals surface area contributed by atoms with Crippen molar-refractivity contribution in [3.63, 3.8) is 0 Å². The van der Waals surface area contributed by atoms with E-state index in [1.54, 1.807) is 0 Å². The predicted octanol–water partition coefficient (Wildman–Crippen LogP) is 2.15. The molecule has 2 fully saturated rings. The Labute approximate surface area is 152 Å². The Balaban J connectivity index is 1.45. The Morgan fingerprint density at radius 1 is 1.12 bits per heavy atom. The van der Waals surface area contributed by atoms with Gasteiger partial charge in [-0.15, -0.1) is 0 Å². The zero-order valence-electron chi connectivity index (χ0n) is 13.8. The second kappa shape index (κ2) is 10.1. The Bertz CT molecular complexity index is 464. The second-order valence-electron chi connectivity index (χ2n) is 6.38. The molecule has 0 aromatic rings. The summed E-state index contributed by atoms with van der Waals surface area (Å²) in [6.45, 7) is 0.662. The average molecular weight is 376 g/mol. The lowest BCUT2D eigenvalue weighted by Gasteiger charge is -2.16. The molecule has 8 heteroatoms. The van der Waals surface area contributed by atoms with Crippen molar-refractivity contribution in [2.24, 2.45) is 0 Å². The molecule has 0 spiro atoms. The van der Waals surface area contributed by atoms with E-state index in [1.807, 2.05) is 11.8 Å². The first-order chi connectivity index (χ1) is 11.6. The van der Waals surface area contributed by atoms with Crippen LogP contribution in [0.5, 0.6) is 0 Å². The quantitative estimate of drug-likeness (QED) is 0.293. The van der Waals surface area contributed by atoms with Gasteiger partial charge in [0.05, 0.1) is 12.1 Å². The third-order valence-corrected chi connectivity index (χ3v) is 6.15. The zero-order valence-corrected chi connectivity index (χ0v) is 15.4. The molecule has 0 bridgehead atoms. The lowest BCUT2D eigenvalue weighted by Crippen LogP contribution is -2.36. The summed E-state index contributed by atoms with van der Waals surface area (Å²) in [5.41, 5.74) is 0. The standard InChI is InChI=1S/C16H26ClN3O3S/c17-13(21)7-2-1-5-9-18-14(22)8-4-3-6-12-15-11(10-24-12)19-16(23)20-15/h11-12,15H,1-10H2,(H,18,22)(H2,19,20,23)/t11-,12-,15-/m0/s1. The predicted molar refractivity (Wildman–Crippen MR) is 96.3 cm³/mol. The fourth-order valence-electron chi connectivity index (χ4n) is 3.16. The van der Waals surface area contributed by atoms with E-state index in [-0.39, 0.29) is 29.3 Å². The molecule has 2 heterocycles. The molecule has 2 aliphatic heterocycles. The molecule has 0 aliphatic carbocycles. The largest absolute Gasteiger partial charge is 0.356 e. The summed E-state index contributed by atoms with van der Waals surface area (Å²) < 4.78 is 0. The molecule has 2 saturated heterocycles. The van der Waals surface area contributed by atoms with Crippen LogP contribution < -0.4 is 16.0 Å². The van der Waals surface area contributed by atoms with Gasteiger partial charge in [0.15, 0.2) is 0 Å². The number of carbonyl (C=O) groups excluding carboxylic acids is 3. The van der Waals surface area contributed by atoms with E-state index >= 15 is 0 Å². The van der Waals surface area contributed by atoms with Gasteiger partial charge in [-0.3, -0.25) is 9.59 Å². The number of rotatable bonds is 11. The Morgan fingerprint density at radius 2 is 1.92 bits per heavy atom. The first-order valence-corrected chi connectivity index (χ1v) is 10.1. The van der Waals surface area contributed by atoms with Crippen LogP contribution in [0.1, 0.15) is 51.4 Å². The number of amides is 3. The summed E-state index contributed by atoms with van der Waals surface area (Å²) in [4.78, 5) is 33.6. The fourth-order valence-corrected chi connectivity index (χ4v) is 4.83. The lowest BCUT2D eigenvalue weighted by atomic mass is 10.0. The minimum absolute atomic E-state index is 0.0508. The van der Waals surface area contributed by atoms with Gasteiger partial charge in [0.25, 0.3) is 0 Å². The third-order valence-electron chi connectivity index (χ3n) is 4.45. The van der Waals surface area contributed by atoms with Gasteiger partial charge in [0.2, 0.25) is 11.1 Å². The highest BCUT2D eigenvalue weighted by Gasteiger charge is 2.42. The summed E-state index contributed by atoms with van der Waals surface area (Å²) in [5, 5.41) is 9.00. The molecule has 136 valence electrons. The molecular formula is C16H26ClN3O3S. The Morgan fingerprint density at radius 3 is 2.71 bits per heavy atom. The Hall–Kier alpha value is -0.950. The third kappa shape index (κ3) is 6.51. The topological polar surface area (TPSA) is 87.3 Å². The van der Waals surface area contributed by atoms with Crippen LogP contribution >= 0.6 is 23.4 Å². The molecule has 2 aliphatic rings. The maximum absolute atomic E-state index is 11.7. The number of hydrogen-bond acceptors (Lipinski definition) is 4. The van der Waals surface area contributed by atoms with Crippen LogP contribution in [0.2, 0.25) is 0 Å². The van der Waals surface area contributed by atoms with Crippen LogP contribution in [0.15, 0.2) is 0 Å². The van der Waals surface area contributed by atoms with Gasteiger partial charge in [-0.2, -0.15) is 11.8 Å². The number of hydrogen-bond donors (Lipinski definition) is 3. The molecule has 0 saturated carbocycles. The highest BCUT2D eigenvalue weighted by Crippen LogP contribution is 2.33. The van der Waals surface area contributed by atoms with E-state index < -0.39 is 0 Å². The maximum atomic E-state index is 11.7. The van der Waals surface area contributed by atoms with E-state index in [0.29, 0.717) is 24.6 Å². The van der Waals surface area contributed by atoms with Crippen molar-refractivity contribution in [3.8, 4) is 0 Å². The number of nitrogens with one attached hydrogen (secondary N) is 3. The van der Waals surface area contributed by atoms with E-state index in [9.17, 15) is 14.4 Å². The van der Waals surface area contributed by atoms with Crippen molar-refractivity contribution in [1.29, 1.82) is 0 Å². The first-order valence-electron chi connectivity index (χ1n) is 8.70. The average Bonchev–Trinajstić information content (AvgIpc) is 3.06. The molecule has 3 amide bonds. The monoisotopic (exact) mass is 375 g/mol. The van der Waals surface area contributed by atoms with Gasteiger partial charge >= 0.3 is 6.03 Å². The van der Waals surface area contributed by atoms with Crippen LogP contribution in [-0.2, 0) is 9.59 Å². The van der Waals surface area contributed by atoms with Crippen molar-refractivity contribution < 1.29 is 14.4 Å². The summed E-state index contributed by atoms with van der Waals surface area (Å²) in [5.74, 6) is 1.07. The van der Waals surface area contributed by atoms with Crippen molar-refractivity contribution in [2.45, 2.75) is 68.7 Å². The summed E-state index contributed by atoms with van der Waals surface area (Å²) in [7, 11) is 0. The molecule has 3 atom stereocenters. The summed E-state index contributed by atoms with van der Waals surface area (Å²) >= 11 is 7.17. The number of urea groups is 1. The molecule has 2 rings (SSSR count). The van der Waals surface area contributed by atoms with Gasteiger partial charge in [0, 0.05) is 30.4 Å². The van der Waals surface area contributed by atoms with Crippen LogP contribution in [0.3, 0.4) is 0 Å². The van der Waals surface area contributed by atoms with E-state index in [4.69, 9.17) is 11.6 Å². The SMILES string of the molecule is O=C(Cl)CCCCCNC(=O)CCCC[C@@H]1SC[C@@H]2NC(=O)N[C@@H]21.